The number of imide groups is 1. The Balaban J connectivity index is 1.51. The van der Waals surface area contributed by atoms with E-state index in [1.165, 1.54) is 0 Å². The van der Waals surface area contributed by atoms with Crippen molar-refractivity contribution in [2.24, 2.45) is 0 Å². The summed E-state index contributed by atoms with van der Waals surface area (Å²) < 4.78 is 7.06. The number of rotatable bonds is 8. The zero-order chi connectivity index (χ0) is 21.9. The molecule has 2 fully saturated rings. The lowest BCUT2D eigenvalue weighted by Gasteiger charge is -2.30. The maximum Gasteiger partial charge on any atom is 0.325 e. The summed E-state index contributed by atoms with van der Waals surface area (Å²) in [6, 6.07) is 1.31. The van der Waals surface area contributed by atoms with Gasteiger partial charge in [0.05, 0.1) is 6.42 Å². The van der Waals surface area contributed by atoms with Crippen molar-refractivity contribution >= 4 is 23.7 Å². The van der Waals surface area contributed by atoms with Gasteiger partial charge in [-0.1, -0.05) is 25.3 Å². The Hall–Kier alpha value is -2.90. The molecule has 1 saturated heterocycles. The number of amides is 3. The smallest absolute Gasteiger partial charge is 0.325 e. The summed E-state index contributed by atoms with van der Waals surface area (Å²) in [6.07, 6.45) is 5.74. The standard InChI is InChI=1S/C22H29N3O5/c1-4-11-24-15(2)13-17(16(24)3)18(26)14-30-19(27)8-12-25-20(28)22(23-21(25)29)9-6-5-7-10-22/h4,13H,1,5-12,14H2,2-3H3,(H,23,29). The average Bonchev–Trinajstić information content (AvgIpc) is 3.13. The van der Waals surface area contributed by atoms with Crippen LogP contribution in [-0.4, -0.2) is 51.8 Å². The van der Waals surface area contributed by atoms with E-state index in [9.17, 15) is 19.2 Å². The number of Topliss-reactive ketones (excluding diaryl/α,β-unsaturated/α-hetero) is 1. The van der Waals surface area contributed by atoms with Gasteiger partial charge in [-0.2, -0.15) is 0 Å². The average molecular weight is 415 g/mol. The number of aryl methyl sites for hydroxylation is 1. The second-order valence-electron chi connectivity index (χ2n) is 8.05. The van der Waals surface area contributed by atoms with E-state index >= 15 is 0 Å². The van der Waals surface area contributed by atoms with Crippen molar-refractivity contribution in [2.45, 2.75) is 64.5 Å². The number of carbonyl (C=O) groups excluding carboxylic acids is 4. The maximum absolute atomic E-state index is 12.7. The molecule has 0 atom stereocenters. The molecule has 2 heterocycles. The maximum atomic E-state index is 12.7. The third-order valence-corrected chi connectivity index (χ3v) is 6.04. The number of carbonyl (C=O) groups is 4. The zero-order valence-electron chi connectivity index (χ0n) is 17.7. The summed E-state index contributed by atoms with van der Waals surface area (Å²) >= 11 is 0. The van der Waals surface area contributed by atoms with E-state index in [1.54, 1.807) is 12.1 Å². The fourth-order valence-corrected chi connectivity index (χ4v) is 4.37. The normalized spacial score (nSPS) is 17.9. The number of hydrogen-bond acceptors (Lipinski definition) is 5. The van der Waals surface area contributed by atoms with E-state index in [-0.39, 0.29) is 31.3 Å². The van der Waals surface area contributed by atoms with Gasteiger partial charge in [-0.25, -0.2) is 4.79 Å². The van der Waals surface area contributed by atoms with E-state index < -0.39 is 17.5 Å². The van der Waals surface area contributed by atoms with Crippen LogP contribution < -0.4 is 5.32 Å². The van der Waals surface area contributed by atoms with Crippen molar-refractivity contribution in [2.75, 3.05) is 13.2 Å². The highest BCUT2D eigenvalue weighted by Gasteiger charge is 2.51. The summed E-state index contributed by atoms with van der Waals surface area (Å²) in [4.78, 5) is 50.6. The molecule has 8 heteroatoms. The molecule has 1 aliphatic heterocycles. The van der Waals surface area contributed by atoms with Gasteiger partial charge < -0.3 is 14.6 Å². The molecule has 162 valence electrons. The molecule has 1 aromatic rings. The molecule has 30 heavy (non-hydrogen) atoms. The van der Waals surface area contributed by atoms with Gasteiger partial charge in [-0.15, -0.1) is 6.58 Å². The Morgan fingerprint density at radius 3 is 2.60 bits per heavy atom. The quantitative estimate of drug-likeness (QED) is 0.305. The van der Waals surface area contributed by atoms with Gasteiger partial charge in [0.2, 0.25) is 5.78 Å². The van der Waals surface area contributed by atoms with Crippen molar-refractivity contribution in [1.29, 1.82) is 0 Å². The second-order valence-corrected chi connectivity index (χ2v) is 8.05. The highest BCUT2D eigenvalue weighted by Crippen LogP contribution is 2.33. The van der Waals surface area contributed by atoms with Gasteiger partial charge in [0.15, 0.2) is 6.61 Å². The Bertz CT molecular complexity index is 880. The van der Waals surface area contributed by atoms with Gasteiger partial charge in [0.1, 0.15) is 5.54 Å². The minimum Gasteiger partial charge on any atom is -0.457 e. The molecule has 0 aromatic carbocycles. The molecular formula is C22H29N3O5. The first-order chi connectivity index (χ1) is 14.3. The monoisotopic (exact) mass is 415 g/mol. The first-order valence-corrected chi connectivity index (χ1v) is 10.4. The molecule has 1 N–H and O–H groups in total. The van der Waals surface area contributed by atoms with Crippen LogP contribution >= 0.6 is 0 Å². The number of hydrogen-bond donors (Lipinski definition) is 1. The van der Waals surface area contributed by atoms with Gasteiger partial charge in [0, 0.05) is 30.0 Å². The number of esters is 1. The Morgan fingerprint density at radius 2 is 1.93 bits per heavy atom. The van der Waals surface area contributed by atoms with Crippen LogP contribution in [-0.2, 0) is 20.9 Å². The number of allylic oxidation sites excluding steroid dienone is 1. The van der Waals surface area contributed by atoms with Crippen LogP contribution in [0.15, 0.2) is 18.7 Å². The lowest BCUT2D eigenvalue weighted by molar-refractivity contribution is -0.143. The molecule has 2 aliphatic rings. The first-order valence-electron chi connectivity index (χ1n) is 10.4. The zero-order valence-corrected chi connectivity index (χ0v) is 17.7. The van der Waals surface area contributed by atoms with Gasteiger partial charge in [-0.05, 0) is 32.8 Å². The number of urea groups is 1. The number of nitrogens with one attached hydrogen (secondary N) is 1. The van der Waals surface area contributed by atoms with Crippen molar-refractivity contribution in [3.63, 3.8) is 0 Å². The number of ketones is 1. The minimum absolute atomic E-state index is 0.0483. The summed E-state index contributed by atoms with van der Waals surface area (Å²) in [5, 5.41) is 2.81. The van der Waals surface area contributed by atoms with Crippen LogP contribution in [0.2, 0.25) is 0 Å². The van der Waals surface area contributed by atoms with Crippen LogP contribution in [0.25, 0.3) is 0 Å². The highest BCUT2D eigenvalue weighted by atomic mass is 16.5. The fraction of sp³-hybridized carbons (Fsp3) is 0.545. The molecule has 8 nitrogen and oxygen atoms in total. The topological polar surface area (TPSA) is 97.7 Å². The van der Waals surface area contributed by atoms with Crippen molar-refractivity contribution in [3.8, 4) is 0 Å². The van der Waals surface area contributed by atoms with Crippen LogP contribution in [0.4, 0.5) is 4.79 Å². The van der Waals surface area contributed by atoms with E-state index in [0.29, 0.717) is 24.9 Å². The first kappa shape index (κ1) is 21.8. The van der Waals surface area contributed by atoms with E-state index in [4.69, 9.17) is 4.74 Å². The minimum atomic E-state index is -0.802. The Kier molecular flexibility index (Phi) is 6.43. The summed E-state index contributed by atoms with van der Waals surface area (Å²) in [6.45, 7) is 7.62. The van der Waals surface area contributed by atoms with E-state index in [1.807, 2.05) is 18.4 Å². The SMILES string of the molecule is C=CCn1c(C)cc(C(=O)COC(=O)CCN2C(=O)NC3(CCCCC3)C2=O)c1C. The van der Waals surface area contributed by atoms with Crippen LogP contribution in [0.1, 0.15) is 60.3 Å². The lowest BCUT2D eigenvalue weighted by atomic mass is 9.82. The van der Waals surface area contributed by atoms with Gasteiger partial charge in [-0.3, -0.25) is 19.3 Å². The number of nitrogens with zero attached hydrogens (tertiary/aromatic N) is 2. The summed E-state index contributed by atoms with van der Waals surface area (Å²) in [5.41, 5.74) is 1.43. The molecule has 0 bridgehead atoms. The Morgan fingerprint density at radius 1 is 1.23 bits per heavy atom. The molecular weight excluding hydrogens is 386 g/mol. The lowest BCUT2D eigenvalue weighted by Crippen LogP contribution is -2.48. The fourth-order valence-electron chi connectivity index (χ4n) is 4.37. The van der Waals surface area contributed by atoms with E-state index in [0.717, 1.165) is 35.6 Å². The van der Waals surface area contributed by atoms with E-state index in [2.05, 4.69) is 11.9 Å². The Labute approximate surface area is 176 Å². The van der Waals surface area contributed by atoms with Crippen molar-refractivity contribution in [1.82, 2.24) is 14.8 Å². The largest absolute Gasteiger partial charge is 0.457 e. The summed E-state index contributed by atoms with van der Waals surface area (Å²) in [7, 11) is 0. The predicted octanol–water partition coefficient (Wildman–Crippen LogP) is 2.66. The molecule has 3 amide bonds. The summed E-state index contributed by atoms with van der Waals surface area (Å²) in [5.74, 6) is -1.16. The third-order valence-electron chi connectivity index (χ3n) is 6.04. The molecule has 1 saturated carbocycles. The molecule has 0 unspecified atom stereocenters. The number of aromatic nitrogens is 1. The van der Waals surface area contributed by atoms with Gasteiger partial charge >= 0.3 is 12.0 Å². The third kappa shape index (κ3) is 4.17. The second kappa shape index (κ2) is 8.85. The highest BCUT2D eigenvalue weighted by molar-refractivity contribution is 6.07. The molecule has 3 rings (SSSR count). The molecule has 1 spiro atoms. The van der Waals surface area contributed by atoms with Crippen molar-refractivity contribution in [3.05, 3.63) is 35.7 Å². The molecule has 1 aromatic heterocycles. The van der Waals surface area contributed by atoms with Crippen molar-refractivity contribution < 1.29 is 23.9 Å². The molecule has 0 radical (unpaired) electrons. The van der Waals surface area contributed by atoms with Gasteiger partial charge in [0.25, 0.3) is 5.91 Å². The number of ether oxygens (including phenoxy) is 1. The predicted molar refractivity (Wildman–Crippen MR) is 110 cm³/mol. The molecule has 1 aliphatic carbocycles. The van der Waals surface area contributed by atoms with Crippen LogP contribution in [0.5, 0.6) is 0 Å². The van der Waals surface area contributed by atoms with Crippen LogP contribution in [0.3, 0.4) is 0 Å². The van der Waals surface area contributed by atoms with Crippen LogP contribution in [0, 0.1) is 13.8 Å².